The lowest BCUT2D eigenvalue weighted by atomic mass is 10.1. The molecule has 1 aliphatic rings. The van der Waals surface area contributed by atoms with Crippen molar-refractivity contribution in [3.63, 3.8) is 0 Å². The fourth-order valence-electron chi connectivity index (χ4n) is 2.59. The van der Waals surface area contributed by atoms with E-state index in [2.05, 4.69) is 5.32 Å². The number of ether oxygens (including phenoxy) is 1. The molecule has 0 spiro atoms. The van der Waals surface area contributed by atoms with Gasteiger partial charge in [0.1, 0.15) is 12.4 Å². The highest BCUT2D eigenvalue weighted by Crippen LogP contribution is 2.15. The van der Waals surface area contributed by atoms with Gasteiger partial charge >= 0.3 is 6.03 Å². The molecule has 25 heavy (non-hydrogen) atoms. The quantitative estimate of drug-likeness (QED) is 0.839. The summed E-state index contributed by atoms with van der Waals surface area (Å²) in [5, 5.41) is 12.0. The predicted molar refractivity (Wildman–Crippen MR) is 92.0 cm³/mol. The normalized spacial score (nSPS) is 17.3. The number of imide groups is 1. The van der Waals surface area contributed by atoms with Gasteiger partial charge in [-0.3, -0.25) is 9.69 Å². The van der Waals surface area contributed by atoms with Gasteiger partial charge in [0.2, 0.25) is 0 Å². The first-order valence-electron chi connectivity index (χ1n) is 8.16. The van der Waals surface area contributed by atoms with Crippen molar-refractivity contribution in [3.8, 4) is 5.75 Å². The standard InChI is InChI=1S/C19H20N2O4/c22-17-12-20-19(24)21(18(17)23)11-10-14-6-8-16(9-7-14)25-13-15-4-2-1-3-5-15/h1-9,17,22H,10-13H2,(H,20,24)/t17-/m0/s1. The van der Waals surface area contributed by atoms with Crippen LogP contribution in [0.5, 0.6) is 5.75 Å². The van der Waals surface area contributed by atoms with Crippen LogP contribution < -0.4 is 10.1 Å². The van der Waals surface area contributed by atoms with Crippen LogP contribution in [-0.2, 0) is 17.8 Å². The van der Waals surface area contributed by atoms with Crippen LogP contribution in [0, 0.1) is 0 Å². The molecule has 6 heteroatoms. The van der Waals surface area contributed by atoms with Gasteiger partial charge in [-0.25, -0.2) is 4.79 Å². The molecule has 1 aliphatic heterocycles. The zero-order valence-corrected chi connectivity index (χ0v) is 13.7. The maximum absolute atomic E-state index is 11.8. The van der Waals surface area contributed by atoms with Crippen LogP contribution in [0.1, 0.15) is 11.1 Å². The Morgan fingerprint density at radius 3 is 2.48 bits per heavy atom. The maximum atomic E-state index is 11.8. The van der Waals surface area contributed by atoms with Gasteiger partial charge in [-0.1, -0.05) is 42.5 Å². The smallest absolute Gasteiger partial charge is 0.324 e. The van der Waals surface area contributed by atoms with Gasteiger partial charge in [-0.05, 0) is 29.7 Å². The van der Waals surface area contributed by atoms with E-state index in [9.17, 15) is 14.7 Å². The van der Waals surface area contributed by atoms with Crippen molar-refractivity contribution in [3.05, 3.63) is 65.7 Å². The van der Waals surface area contributed by atoms with Gasteiger partial charge < -0.3 is 15.2 Å². The summed E-state index contributed by atoms with van der Waals surface area (Å²) in [7, 11) is 0. The third kappa shape index (κ3) is 4.36. The number of nitrogens with one attached hydrogen (secondary N) is 1. The highest BCUT2D eigenvalue weighted by molar-refractivity contribution is 5.99. The molecule has 1 heterocycles. The first kappa shape index (κ1) is 17.0. The average Bonchev–Trinajstić information content (AvgIpc) is 2.65. The molecule has 0 unspecified atom stereocenters. The van der Waals surface area contributed by atoms with Crippen LogP contribution in [0.3, 0.4) is 0 Å². The van der Waals surface area contributed by atoms with Crippen LogP contribution in [0.25, 0.3) is 0 Å². The molecule has 1 saturated heterocycles. The molecule has 0 aliphatic carbocycles. The SMILES string of the molecule is O=C1NC[C@H](O)C(=O)N1CCc1ccc(OCc2ccccc2)cc1. The molecule has 2 N–H and O–H groups in total. The number of β-amino-alcohol motifs (C(OH)–C–C–N with tert-alkyl or cyclic N) is 1. The predicted octanol–water partition coefficient (Wildman–Crippen LogP) is 1.72. The Bertz CT molecular complexity index is 731. The summed E-state index contributed by atoms with van der Waals surface area (Å²) in [4.78, 5) is 24.6. The number of amides is 3. The molecule has 0 bridgehead atoms. The van der Waals surface area contributed by atoms with E-state index in [1.807, 2.05) is 54.6 Å². The Labute approximate surface area is 146 Å². The van der Waals surface area contributed by atoms with Gasteiger partial charge in [0.15, 0.2) is 6.10 Å². The Morgan fingerprint density at radius 2 is 1.76 bits per heavy atom. The Morgan fingerprint density at radius 1 is 1.04 bits per heavy atom. The van der Waals surface area contributed by atoms with E-state index < -0.39 is 18.0 Å². The summed E-state index contributed by atoms with van der Waals surface area (Å²) < 4.78 is 5.73. The summed E-state index contributed by atoms with van der Waals surface area (Å²) in [6.07, 6.45) is -0.642. The van der Waals surface area contributed by atoms with E-state index >= 15 is 0 Å². The van der Waals surface area contributed by atoms with Crippen LogP contribution in [0.2, 0.25) is 0 Å². The molecular formula is C19H20N2O4. The number of nitrogens with zero attached hydrogens (tertiary/aromatic N) is 1. The Kier molecular flexibility index (Phi) is 5.30. The molecule has 0 aromatic heterocycles. The lowest BCUT2D eigenvalue weighted by Crippen LogP contribution is -2.57. The highest BCUT2D eigenvalue weighted by atomic mass is 16.5. The lowest BCUT2D eigenvalue weighted by molar-refractivity contribution is -0.138. The summed E-state index contributed by atoms with van der Waals surface area (Å²) in [6, 6.07) is 17.0. The number of hydrogen-bond acceptors (Lipinski definition) is 4. The van der Waals surface area contributed by atoms with Crippen molar-refractivity contribution >= 4 is 11.9 Å². The number of carbonyl (C=O) groups is 2. The van der Waals surface area contributed by atoms with Gasteiger partial charge in [-0.15, -0.1) is 0 Å². The second kappa shape index (κ2) is 7.81. The minimum Gasteiger partial charge on any atom is -0.489 e. The molecule has 3 amide bonds. The number of aliphatic hydroxyl groups excluding tert-OH is 1. The minimum atomic E-state index is -1.16. The fraction of sp³-hybridized carbons (Fsp3) is 0.263. The van der Waals surface area contributed by atoms with E-state index in [-0.39, 0.29) is 13.1 Å². The first-order valence-corrected chi connectivity index (χ1v) is 8.16. The second-order valence-electron chi connectivity index (χ2n) is 5.86. The third-order valence-electron chi connectivity index (χ3n) is 4.04. The summed E-state index contributed by atoms with van der Waals surface area (Å²) in [5.74, 6) is 0.210. The number of benzene rings is 2. The van der Waals surface area contributed by atoms with Crippen LogP contribution >= 0.6 is 0 Å². The van der Waals surface area contributed by atoms with E-state index in [4.69, 9.17) is 4.74 Å². The van der Waals surface area contributed by atoms with Crippen molar-refractivity contribution in [2.24, 2.45) is 0 Å². The van der Waals surface area contributed by atoms with Gasteiger partial charge in [0.05, 0.1) is 6.54 Å². The maximum Gasteiger partial charge on any atom is 0.324 e. The molecule has 130 valence electrons. The van der Waals surface area contributed by atoms with Crippen molar-refractivity contribution in [2.75, 3.05) is 13.1 Å². The summed E-state index contributed by atoms with van der Waals surface area (Å²) in [5.41, 5.74) is 2.08. The Balaban J connectivity index is 1.52. The largest absolute Gasteiger partial charge is 0.489 e. The van der Waals surface area contributed by atoms with E-state index in [0.717, 1.165) is 21.8 Å². The zero-order chi connectivity index (χ0) is 17.6. The van der Waals surface area contributed by atoms with E-state index in [1.165, 1.54) is 0 Å². The molecule has 6 nitrogen and oxygen atoms in total. The third-order valence-corrected chi connectivity index (χ3v) is 4.04. The molecule has 0 radical (unpaired) electrons. The number of carbonyl (C=O) groups excluding carboxylic acids is 2. The molecule has 1 atom stereocenters. The van der Waals surface area contributed by atoms with Gasteiger partial charge in [0.25, 0.3) is 5.91 Å². The zero-order valence-electron chi connectivity index (χ0n) is 13.7. The second-order valence-corrected chi connectivity index (χ2v) is 5.86. The van der Waals surface area contributed by atoms with Crippen LogP contribution in [0.4, 0.5) is 4.79 Å². The minimum absolute atomic E-state index is 0.0262. The molecule has 0 saturated carbocycles. The van der Waals surface area contributed by atoms with Gasteiger partial charge in [0, 0.05) is 6.54 Å². The molecule has 1 fully saturated rings. The van der Waals surface area contributed by atoms with Crippen molar-refractivity contribution < 1.29 is 19.4 Å². The van der Waals surface area contributed by atoms with Crippen molar-refractivity contribution in [1.29, 1.82) is 0 Å². The van der Waals surface area contributed by atoms with Crippen LogP contribution in [-0.4, -0.2) is 41.1 Å². The highest BCUT2D eigenvalue weighted by Gasteiger charge is 2.32. The summed E-state index contributed by atoms with van der Waals surface area (Å²) in [6.45, 7) is 0.702. The van der Waals surface area contributed by atoms with Crippen LogP contribution in [0.15, 0.2) is 54.6 Å². The molecule has 2 aromatic rings. The molecule has 2 aromatic carbocycles. The first-order chi connectivity index (χ1) is 12.1. The molecular weight excluding hydrogens is 320 g/mol. The Hall–Kier alpha value is -2.86. The number of rotatable bonds is 6. The lowest BCUT2D eigenvalue weighted by Gasteiger charge is -2.28. The summed E-state index contributed by atoms with van der Waals surface area (Å²) >= 11 is 0. The number of urea groups is 1. The average molecular weight is 340 g/mol. The topological polar surface area (TPSA) is 78.9 Å². The monoisotopic (exact) mass is 340 g/mol. The van der Waals surface area contributed by atoms with Crippen molar-refractivity contribution in [1.82, 2.24) is 10.2 Å². The van der Waals surface area contributed by atoms with Gasteiger partial charge in [-0.2, -0.15) is 0 Å². The van der Waals surface area contributed by atoms with E-state index in [0.29, 0.717) is 13.0 Å². The van der Waals surface area contributed by atoms with Crippen molar-refractivity contribution in [2.45, 2.75) is 19.1 Å². The number of aliphatic hydroxyl groups is 1. The van der Waals surface area contributed by atoms with E-state index in [1.54, 1.807) is 0 Å². The fourth-order valence-corrected chi connectivity index (χ4v) is 2.59. The molecule has 3 rings (SSSR count). The number of hydrogen-bond donors (Lipinski definition) is 2.